The zero-order chi connectivity index (χ0) is 17.7. The molecule has 0 aromatic heterocycles. The molecular formula is C16H30N4O4. The molecule has 0 amide bonds. The molecule has 24 heavy (non-hydrogen) atoms. The van der Waals surface area contributed by atoms with E-state index in [9.17, 15) is 10.1 Å². The molecule has 0 N–H and O–H groups in total. The minimum Gasteiger partial charge on any atom is -0.378 e. The standard InChI is InChI=1S/C16H30N4O4/c1-5-12(3)24-15(6-2)19-8-7-18(16(19)17-20(21)22)10-14-9-13(4)23-11-14/h12-15H,5-11H2,1-4H3. The first-order valence-corrected chi connectivity index (χ1v) is 8.96. The summed E-state index contributed by atoms with van der Waals surface area (Å²) in [6.45, 7) is 11.1. The Labute approximate surface area is 143 Å². The van der Waals surface area contributed by atoms with Crippen molar-refractivity contribution in [2.75, 3.05) is 26.2 Å². The van der Waals surface area contributed by atoms with Gasteiger partial charge in [-0.15, -0.1) is 0 Å². The van der Waals surface area contributed by atoms with Gasteiger partial charge in [-0.05, 0) is 33.1 Å². The van der Waals surface area contributed by atoms with Crippen molar-refractivity contribution in [3.63, 3.8) is 0 Å². The molecule has 0 bridgehead atoms. The molecule has 138 valence electrons. The molecule has 8 heteroatoms. The first-order valence-electron chi connectivity index (χ1n) is 8.96. The molecule has 0 aliphatic carbocycles. The van der Waals surface area contributed by atoms with Crippen molar-refractivity contribution in [1.82, 2.24) is 9.80 Å². The zero-order valence-electron chi connectivity index (χ0n) is 15.2. The van der Waals surface area contributed by atoms with E-state index in [1.165, 1.54) is 0 Å². The molecule has 2 rings (SSSR count). The zero-order valence-corrected chi connectivity index (χ0v) is 15.2. The van der Waals surface area contributed by atoms with Gasteiger partial charge in [0.15, 0.2) is 5.03 Å². The van der Waals surface area contributed by atoms with Crippen molar-refractivity contribution < 1.29 is 14.5 Å². The number of rotatable bonds is 8. The average molecular weight is 342 g/mol. The predicted molar refractivity (Wildman–Crippen MR) is 91.1 cm³/mol. The van der Waals surface area contributed by atoms with Crippen LogP contribution >= 0.6 is 0 Å². The lowest BCUT2D eigenvalue weighted by atomic mass is 10.1. The van der Waals surface area contributed by atoms with Gasteiger partial charge in [0, 0.05) is 25.6 Å². The van der Waals surface area contributed by atoms with E-state index in [0.717, 1.165) is 32.4 Å². The van der Waals surface area contributed by atoms with Crippen molar-refractivity contribution >= 4 is 5.96 Å². The molecule has 8 nitrogen and oxygen atoms in total. The van der Waals surface area contributed by atoms with Crippen LogP contribution in [-0.2, 0) is 9.47 Å². The summed E-state index contributed by atoms with van der Waals surface area (Å²) in [5.41, 5.74) is 0. The van der Waals surface area contributed by atoms with E-state index in [1.807, 2.05) is 23.6 Å². The smallest absolute Gasteiger partial charge is 0.276 e. The molecule has 4 unspecified atom stereocenters. The van der Waals surface area contributed by atoms with E-state index in [1.54, 1.807) is 0 Å². The summed E-state index contributed by atoms with van der Waals surface area (Å²) >= 11 is 0. The van der Waals surface area contributed by atoms with Gasteiger partial charge in [0.2, 0.25) is 0 Å². The van der Waals surface area contributed by atoms with Crippen LogP contribution in [0, 0.1) is 16.0 Å². The summed E-state index contributed by atoms with van der Waals surface area (Å²) in [4.78, 5) is 15.0. The molecule has 0 radical (unpaired) electrons. The second-order valence-corrected chi connectivity index (χ2v) is 6.74. The van der Waals surface area contributed by atoms with Crippen LogP contribution in [0.15, 0.2) is 5.10 Å². The number of nitro groups is 1. The third kappa shape index (κ3) is 4.80. The molecule has 2 aliphatic rings. The average Bonchev–Trinajstić information content (AvgIpc) is 3.12. The molecule has 0 aromatic rings. The maximum Gasteiger partial charge on any atom is 0.276 e. The van der Waals surface area contributed by atoms with Crippen molar-refractivity contribution in [3.8, 4) is 0 Å². The lowest BCUT2D eigenvalue weighted by Crippen LogP contribution is -2.44. The summed E-state index contributed by atoms with van der Waals surface area (Å²) in [6, 6.07) is 0. The van der Waals surface area contributed by atoms with Gasteiger partial charge in [-0.25, -0.2) is 10.1 Å². The fourth-order valence-corrected chi connectivity index (χ4v) is 3.35. The van der Waals surface area contributed by atoms with E-state index in [2.05, 4.69) is 18.9 Å². The van der Waals surface area contributed by atoms with Crippen molar-refractivity contribution in [2.24, 2.45) is 11.0 Å². The maximum absolute atomic E-state index is 11.0. The monoisotopic (exact) mass is 342 g/mol. The first-order chi connectivity index (χ1) is 11.4. The molecule has 0 aromatic carbocycles. The molecule has 2 saturated heterocycles. The Kier molecular flexibility index (Phi) is 6.79. The van der Waals surface area contributed by atoms with Crippen LogP contribution < -0.4 is 0 Å². The van der Waals surface area contributed by atoms with E-state index < -0.39 is 5.03 Å². The van der Waals surface area contributed by atoms with Crippen LogP contribution in [-0.4, -0.2) is 65.5 Å². The highest BCUT2D eigenvalue weighted by Crippen LogP contribution is 2.24. The third-order valence-corrected chi connectivity index (χ3v) is 4.74. The first kappa shape index (κ1) is 18.9. The summed E-state index contributed by atoms with van der Waals surface area (Å²) in [6.07, 6.45) is 2.86. The van der Waals surface area contributed by atoms with Crippen molar-refractivity contribution in [2.45, 2.75) is 65.4 Å². The van der Waals surface area contributed by atoms with Crippen LogP contribution in [0.5, 0.6) is 0 Å². The van der Waals surface area contributed by atoms with Gasteiger partial charge >= 0.3 is 0 Å². The third-order valence-electron chi connectivity index (χ3n) is 4.74. The number of hydrogen-bond donors (Lipinski definition) is 0. The number of nitrogens with zero attached hydrogens (tertiary/aromatic N) is 4. The lowest BCUT2D eigenvalue weighted by Gasteiger charge is -2.30. The molecule has 0 spiro atoms. The topological polar surface area (TPSA) is 80.4 Å². The van der Waals surface area contributed by atoms with Crippen molar-refractivity contribution in [1.29, 1.82) is 0 Å². The highest BCUT2D eigenvalue weighted by molar-refractivity contribution is 5.81. The highest BCUT2D eigenvalue weighted by Gasteiger charge is 2.37. The van der Waals surface area contributed by atoms with Gasteiger partial charge in [-0.1, -0.05) is 13.8 Å². The van der Waals surface area contributed by atoms with Crippen molar-refractivity contribution in [3.05, 3.63) is 10.1 Å². The molecule has 2 aliphatic heterocycles. The molecular weight excluding hydrogens is 312 g/mol. The lowest BCUT2D eigenvalue weighted by molar-refractivity contribution is -0.486. The van der Waals surface area contributed by atoms with E-state index in [0.29, 0.717) is 25.0 Å². The van der Waals surface area contributed by atoms with Gasteiger partial charge in [-0.2, -0.15) is 0 Å². The Morgan fingerprint density at radius 1 is 1.42 bits per heavy atom. The predicted octanol–water partition coefficient (Wildman–Crippen LogP) is 2.13. The minimum atomic E-state index is -0.607. The van der Waals surface area contributed by atoms with Crippen LogP contribution in [0.25, 0.3) is 0 Å². The SMILES string of the molecule is CCC(C)OC(CC)N1CCN(CC2COC(C)C2)C1=N[N+](=O)[O-]. The van der Waals surface area contributed by atoms with Gasteiger partial charge in [0.1, 0.15) is 11.3 Å². The fraction of sp³-hybridized carbons (Fsp3) is 0.938. The van der Waals surface area contributed by atoms with Gasteiger partial charge in [-0.3, -0.25) is 0 Å². The second-order valence-electron chi connectivity index (χ2n) is 6.74. The molecule has 2 fully saturated rings. The van der Waals surface area contributed by atoms with E-state index >= 15 is 0 Å². The second kappa shape index (κ2) is 8.62. The number of hydrazone groups is 1. The maximum atomic E-state index is 11.0. The van der Waals surface area contributed by atoms with E-state index in [-0.39, 0.29) is 18.4 Å². The molecule has 0 saturated carbocycles. The Balaban J connectivity index is 2.09. The summed E-state index contributed by atoms with van der Waals surface area (Å²) in [5.74, 6) is 0.821. The van der Waals surface area contributed by atoms with Crippen LogP contribution in [0.3, 0.4) is 0 Å². The van der Waals surface area contributed by atoms with Crippen LogP contribution in [0.4, 0.5) is 0 Å². The fourth-order valence-electron chi connectivity index (χ4n) is 3.35. The number of guanidine groups is 1. The van der Waals surface area contributed by atoms with Crippen LogP contribution in [0.2, 0.25) is 0 Å². The van der Waals surface area contributed by atoms with Crippen LogP contribution in [0.1, 0.15) is 47.0 Å². The minimum absolute atomic E-state index is 0.116. The van der Waals surface area contributed by atoms with Gasteiger partial charge in [0.05, 0.1) is 18.8 Å². The highest BCUT2D eigenvalue weighted by atomic mass is 16.7. The largest absolute Gasteiger partial charge is 0.378 e. The van der Waals surface area contributed by atoms with E-state index in [4.69, 9.17) is 9.47 Å². The van der Waals surface area contributed by atoms with Gasteiger partial charge in [0.25, 0.3) is 5.96 Å². The Hall–Kier alpha value is -1.41. The molecule has 2 heterocycles. The Bertz CT molecular complexity index is 459. The quantitative estimate of drug-likeness (QED) is 0.496. The number of ether oxygens (including phenoxy) is 2. The molecule has 4 atom stereocenters. The summed E-state index contributed by atoms with van der Waals surface area (Å²) in [7, 11) is 0. The normalized spacial score (nSPS) is 28.6. The number of hydrogen-bond acceptors (Lipinski definition) is 4. The summed E-state index contributed by atoms with van der Waals surface area (Å²) < 4.78 is 11.7. The van der Waals surface area contributed by atoms with Gasteiger partial charge < -0.3 is 19.3 Å². The Morgan fingerprint density at radius 2 is 2.17 bits per heavy atom. The Morgan fingerprint density at radius 3 is 2.71 bits per heavy atom. The summed E-state index contributed by atoms with van der Waals surface area (Å²) in [5, 5.41) is 14.1.